The van der Waals surface area contributed by atoms with Crippen LogP contribution in [0.1, 0.15) is 180 Å². The van der Waals surface area contributed by atoms with Crippen LogP contribution in [-0.4, -0.2) is 6.71 Å². The van der Waals surface area contributed by atoms with E-state index in [1.807, 2.05) is 0 Å². The van der Waals surface area contributed by atoms with Crippen LogP contribution in [0.25, 0.3) is 11.1 Å². The molecule has 2 aliphatic carbocycles. The van der Waals surface area contributed by atoms with Crippen molar-refractivity contribution < 1.29 is 0 Å². The molecule has 4 aliphatic rings. The molecule has 0 unspecified atom stereocenters. The van der Waals surface area contributed by atoms with Gasteiger partial charge in [0.15, 0.2) is 0 Å². The molecule has 0 bridgehead atoms. The second-order valence-corrected chi connectivity index (χ2v) is 26.6. The highest BCUT2D eigenvalue weighted by Gasteiger charge is 2.48. The van der Waals surface area contributed by atoms with E-state index in [1.165, 1.54) is 132 Å². The van der Waals surface area contributed by atoms with Gasteiger partial charge >= 0.3 is 0 Å². The first-order chi connectivity index (χ1) is 33.4. The van der Waals surface area contributed by atoms with Crippen molar-refractivity contribution in [2.24, 2.45) is 0 Å². The maximum Gasteiger partial charge on any atom is 0.252 e. The van der Waals surface area contributed by atoms with Crippen LogP contribution in [0.4, 0.5) is 34.1 Å². The third-order valence-corrected chi connectivity index (χ3v) is 18.2. The van der Waals surface area contributed by atoms with Crippen molar-refractivity contribution in [2.45, 2.75) is 168 Å². The molecule has 2 heterocycles. The molecule has 0 radical (unpaired) electrons. The lowest BCUT2D eigenvalue weighted by Crippen LogP contribution is -2.62. The fourth-order valence-corrected chi connectivity index (χ4v) is 13.1. The van der Waals surface area contributed by atoms with Crippen molar-refractivity contribution in [3.8, 4) is 11.1 Å². The van der Waals surface area contributed by atoms with Crippen LogP contribution < -0.4 is 26.2 Å². The molecule has 0 spiro atoms. The summed E-state index contributed by atoms with van der Waals surface area (Å²) in [6.07, 6.45) is 4.72. The first-order valence-electron chi connectivity index (χ1n) is 26.9. The fourth-order valence-electron chi connectivity index (χ4n) is 13.1. The lowest BCUT2D eigenvalue weighted by molar-refractivity contribution is 0.332. The summed E-state index contributed by atoms with van der Waals surface area (Å²) in [4.78, 5) is 5.42. The fraction of sp³-hybridized carbons (Fsp3) is 0.382. The molecule has 0 fully saturated rings. The predicted octanol–water partition coefficient (Wildman–Crippen LogP) is 16.9. The second-order valence-electron chi connectivity index (χ2n) is 26.6. The summed E-state index contributed by atoms with van der Waals surface area (Å²) in [5, 5.41) is 0. The molecule has 71 heavy (non-hydrogen) atoms. The number of nitrogens with zero attached hydrogens (tertiary/aromatic N) is 2. The van der Waals surface area contributed by atoms with Crippen molar-refractivity contribution in [1.82, 2.24) is 0 Å². The Morgan fingerprint density at radius 3 is 1.58 bits per heavy atom. The smallest absolute Gasteiger partial charge is 0.252 e. The van der Waals surface area contributed by atoms with Crippen molar-refractivity contribution in [3.05, 3.63) is 184 Å². The Hall–Kier alpha value is -5.80. The highest BCUT2D eigenvalue weighted by molar-refractivity contribution is 7.00. The van der Waals surface area contributed by atoms with Gasteiger partial charge in [-0.3, -0.25) is 0 Å². The van der Waals surface area contributed by atoms with Crippen LogP contribution in [-0.2, 0) is 32.5 Å². The summed E-state index contributed by atoms with van der Waals surface area (Å²) < 4.78 is 0. The van der Waals surface area contributed by atoms with Crippen molar-refractivity contribution >= 4 is 57.2 Å². The molecular weight excluding hydrogens is 856 g/mol. The zero-order chi connectivity index (χ0) is 50.4. The monoisotopic (exact) mass is 933 g/mol. The summed E-state index contributed by atoms with van der Waals surface area (Å²) in [6, 6.07) is 55.3. The molecule has 362 valence electrons. The summed E-state index contributed by atoms with van der Waals surface area (Å²) in [5.74, 6) is 0.299. The summed E-state index contributed by atoms with van der Waals surface area (Å²) in [5.41, 5.74) is 25.7. The lowest BCUT2D eigenvalue weighted by Gasteiger charge is -2.48. The van der Waals surface area contributed by atoms with Crippen molar-refractivity contribution in [2.75, 3.05) is 9.80 Å². The van der Waals surface area contributed by atoms with Crippen LogP contribution in [0.3, 0.4) is 0 Å². The SMILES string of the molecule is CC(C)c1cc2c3c(c1)N(c1ccc(C(C)(C)C)cc1-c1ccccc1)c1cc(C(C)(C)c4ccccc4)ccc1B3c1cc3c(cc1N2c1ccc2c(c1)C(C)(C)CCC2(C)C)C(C)(C)CCC3(C)C. The van der Waals surface area contributed by atoms with Gasteiger partial charge in [0.25, 0.3) is 6.71 Å². The Kier molecular flexibility index (Phi) is 10.8. The van der Waals surface area contributed by atoms with Crippen LogP contribution in [0.5, 0.6) is 0 Å². The largest absolute Gasteiger partial charge is 0.311 e. The first-order valence-corrected chi connectivity index (χ1v) is 26.9. The molecule has 7 aromatic carbocycles. The molecular formula is C68H77BN2. The summed E-state index contributed by atoms with van der Waals surface area (Å²) in [7, 11) is 0. The molecule has 0 saturated heterocycles. The van der Waals surface area contributed by atoms with E-state index in [2.05, 4.69) is 253 Å². The van der Waals surface area contributed by atoms with Crippen LogP contribution in [0.15, 0.2) is 140 Å². The van der Waals surface area contributed by atoms with E-state index in [-0.39, 0.29) is 39.2 Å². The van der Waals surface area contributed by atoms with E-state index in [9.17, 15) is 0 Å². The highest BCUT2D eigenvalue weighted by Crippen LogP contribution is 2.54. The third kappa shape index (κ3) is 7.57. The number of hydrogen-bond acceptors (Lipinski definition) is 2. The first kappa shape index (κ1) is 47.5. The molecule has 11 rings (SSSR count). The molecule has 0 amide bonds. The van der Waals surface area contributed by atoms with E-state index in [0.29, 0.717) is 5.92 Å². The number of anilines is 6. The van der Waals surface area contributed by atoms with E-state index in [4.69, 9.17) is 0 Å². The number of hydrogen-bond donors (Lipinski definition) is 0. The minimum absolute atomic E-state index is 0.0146. The second kappa shape index (κ2) is 16.1. The third-order valence-electron chi connectivity index (χ3n) is 18.2. The zero-order valence-corrected chi connectivity index (χ0v) is 45.7. The molecule has 0 aromatic heterocycles. The number of fused-ring (bicyclic) bond motifs is 6. The number of benzene rings is 7. The van der Waals surface area contributed by atoms with Gasteiger partial charge in [-0.1, -0.05) is 195 Å². The van der Waals surface area contributed by atoms with E-state index >= 15 is 0 Å². The van der Waals surface area contributed by atoms with Crippen molar-refractivity contribution in [3.63, 3.8) is 0 Å². The van der Waals surface area contributed by atoms with Gasteiger partial charge in [-0.05, 0) is 174 Å². The lowest BCUT2D eigenvalue weighted by atomic mass is 9.33. The van der Waals surface area contributed by atoms with Crippen LogP contribution in [0, 0.1) is 0 Å². The van der Waals surface area contributed by atoms with E-state index in [0.717, 1.165) is 0 Å². The Morgan fingerprint density at radius 1 is 0.437 bits per heavy atom. The maximum atomic E-state index is 2.73. The molecule has 3 heteroatoms. The normalized spacial score (nSPS) is 18.1. The Labute approximate surface area is 428 Å². The van der Waals surface area contributed by atoms with Gasteiger partial charge in [0.1, 0.15) is 0 Å². The van der Waals surface area contributed by atoms with Gasteiger partial charge in [0, 0.05) is 39.4 Å². The Balaban J connectivity index is 1.28. The van der Waals surface area contributed by atoms with Crippen LogP contribution in [0.2, 0.25) is 0 Å². The topological polar surface area (TPSA) is 6.48 Å². The quantitative estimate of drug-likeness (QED) is 0.153. The van der Waals surface area contributed by atoms with E-state index < -0.39 is 0 Å². The number of rotatable bonds is 6. The Bertz CT molecular complexity index is 3250. The molecule has 0 saturated carbocycles. The summed E-state index contributed by atoms with van der Waals surface area (Å²) in [6.45, 7) is 36.4. The van der Waals surface area contributed by atoms with Gasteiger partial charge < -0.3 is 9.80 Å². The van der Waals surface area contributed by atoms with Gasteiger partial charge in [0.05, 0.1) is 5.69 Å². The summed E-state index contributed by atoms with van der Waals surface area (Å²) >= 11 is 0. The van der Waals surface area contributed by atoms with Gasteiger partial charge in [-0.15, -0.1) is 0 Å². The van der Waals surface area contributed by atoms with Gasteiger partial charge in [-0.25, -0.2) is 0 Å². The van der Waals surface area contributed by atoms with Crippen molar-refractivity contribution in [1.29, 1.82) is 0 Å². The molecule has 2 nitrogen and oxygen atoms in total. The minimum atomic E-state index is -0.240. The standard InChI is InChI=1S/C68H77BN2/c1-43(2)45-36-60-62-61(37-45)71(57-31-27-47(63(3,4)5)38-50(57)44-22-18-16-19-23-44)58-39-48(68(14,15)46-24-20-17-21-25-46)26-30-55(58)69(62)56-41-53-54(67(12,13)35-34-66(53,10)11)42-59(56)70(60)49-28-29-51-52(40-49)65(8,9)33-32-64(51,6)7/h16-31,36-43H,32-35H2,1-15H3. The van der Waals surface area contributed by atoms with Gasteiger partial charge in [0.2, 0.25) is 0 Å². The highest BCUT2D eigenvalue weighted by atomic mass is 15.2. The minimum Gasteiger partial charge on any atom is -0.311 e. The predicted molar refractivity (Wildman–Crippen MR) is 308 cm³/mol. The molecule has 2 aliphatic heterocycles. The average Bonchev–Trinajstić information content (AvgIpc) is 3.33. The zero-order valence-electron chi connectivity index (χ0n) is 45.7. The molecule has 0 atom stereocenters. The maximum absolute atomic E-state index is 2.73. The Morgan fingerprint density at radius 2 is 0.972 bits per heavy atom. The molecule has 0 N–H and O–H groups in total. The van der Waals surface area contributed by atoms with Gasteiger partial charge in [-0.2, -0.15) is 0 Å². The average molecular weight is 933 g/mol. The molecule has 7 aromatic rings. The van der Waals surface area contributed by atoms with Crippen LogP contribution >= 0.6 is 0 Å². The van der Waals surface area contributed by atoms with E-state index in [1.54, 1.807) is 0 Å².